The van der Waals surface area contributed by atoms with E-state index in [1.165, 1.54) is 0 Å². The maximum atomic E-state index is 13.9. The van der Waals surface area contributed by atoms with E-state index in [-0.39, 0.29) is 0 Å². The highest BCUT2D eigenvalue weighted by Crippen LogP contribution is 2.41. The molecule has 374 valence electrons. The highest BCUT2D eigenvalue weighted by Gasteiger charge is 2.77. The summed E-state index contributed by atoms with van der Waals surface area (Å²) in [5.41, 5.74) is 0. The Kier molecular flexibility index (Phi) is 13.8. The van der Waals surface area contributed by atoms with Gasteiger partial charge in [0.2, 0.25) is 0 Å². The van der Waals surface area contributed by atoms with Crippen molar-refractivity contribution in [3.8, 4) is 0 Å². The third-order valence-corrected chi connectivity index (χ3v) is 50.5. The third kappa shape index (κ3) is 9.43. The van der Waals surface area contributed by atoms with Crippen LogP contribution in [0.3, 0.4) is 0 Å². The van der Waals surface area contributed by atoms with E-state index in [9.17, 15) is 4.80 Å². The quantitative estimate of drug-likeness (QED) is 0.222. The van der Waals surface area contributed by atoms with E-state index in [4.69, 9.17) is 53.5 Å². The number of hydrogen-bond donors (Lipinski definition) is 1. The molecule has 4 saturated heterocycles. The summed E-state index contributed by atoms with van der Waals surface area (Å²) < 4.78 is 103. The second kappa shape index (κ2) is 20.4. The van der Waals surface area contributed by atoms with Crippen LogP contribution in [0.1, 0.15) is 0 Å². The molecule has 4 heterocycles. The molecule has 0 aromatic heterocycles. The Hall–Kier alpha value is -4.63. The van der Waals surface area contributed by atoms with Gasteiger partial charge in [0.15, 0.2) is 0 Å². The van der Waals surface area contributed by atoms with Gasteiger partial charge in [-0.2, -0.15) is 0 Å². The molecule has 10 unspecified atom stereocenters. The molecule has 10 atom stereocenters. The lowest BCUT2D eigenvalue weighted by Crippen LogP contribution is -2.88. The average molecular weight is 1160 g/mol. The first kappa shape index (κ1) is 50.2. The van der Waals surface area contributed by atoms with Gasteiger partial charge in [0.1, 0.15) is 0 Å². The van der Waals surface area contributed by atoms with Gasteiger partial charge >= 0.3 is 89.5 Å². The summed E-state index contributed by atoms with van der Waals surface area (Å²) >= 11 is 0. The van der Waals surface area contributed by atoms with Gasteiger partial charge in [-0.3, -0.25) is 0 Å². The standard InChI is InChI=1S/C50H50O14Si10/c1-65-52-68(51,44-29-13-4-14-30-44)58-73(49-39-23-9-24-40-49)59-69(45-31-15-5-16-32-45)53-66(2)55-71(47-35-19-7-20-36-47)61-72(48-37-21-8-22-38-48,57-67(56-69)43-27-11-3-12-28-43)60-70(54-65,46-33-17-6-18-34-46)62-74(63-71,64-73)50-41-25-10-26-42-50/h3-42,51,65-67H,1-2H3. The third-order valence-electron chi connectivity index (χ3n) is 12.7. The topological polar surface area (TPSA) is 140 Å². The molecule has 4 aliphatic heterocycles. The fourth-order valence-corrected chi connectivity index (χ4v) is 57.4. The lowest BCUT2D eigenvalue weighted by molar-refractivity contribution is 0.0591. The summed E-state index contributed by atoms with van der Waals surface area (Å²) in [5.74, 6) is 0. The lowest BCUT2D eigenvalue weighted by Gasteiger charge is -2.56. The van der Waals surface area contributed by atoms with Gasteiger partial charge < -0.3 is 58.3 Å². The van der Waals surface area contributed by atoms with Gasteiger partial charge in [-0.05, 0) is 18.3 Å². The zero-order valence-corrected chi connectivity index (χ0v) is 50.5. The molecule has 4 aliphatic rings. The van der Waals surface area contributed by atoms with Crippen LogP contribution >= 0.6 is 0 Å². The minimum absolute atomic E-state index is 0.376. The molecule has 24 heteroatoms. The van der Waals surface area contributed by atoms with Crippen LogP contribution in [0, 0.1) is 0 Å². The molecule has 0 saturated carbocycles. The van der Waals surface area contributed by atoms with Gasteiger partial charge in [-0.25, -0.2) is 0 Å². The van der Waals surface area contributed by atoms with Crippen LogP contribution in [0.2, 0.25) is 13.1 Å². The maximum absolute atomic E-state index is 13.9. The molecule has 4 fully saturated rings. The first-order chi connectivity index (χ1) is 36.1. The Morgan fingerprint density at radius 2 is 0.500 bits per heavy atom. The van der Waals surface area contributed by atoms with Crippen molar-refractivity contribution in [1.29, 1.82) is 0 Å². The van der Waals surface area contributed by atoms with Crippen molar-refractivity contribution in [1.82, 2.24) is 0 Å². The van der Waals surface area contributed by atoms with Crippen molar-refractivity contribution < 1.29 is 58.3 Å². The highest BCUT2D eigenvalue weighted by molar-refractivity contribution is 7.08. The zero-order valence-electron chi connectivity index (χ0n) is 40.1. The minimum Gasteiger partial charge on any atom is -0.393 e. The molecule has 8 aromatic rings. The van der Waals surface area contributed by atoms with Gasteiger partial charge in [0.05, 0.1) is 0 Å². The van der Waals surface area contributed by atoms with Crippen LogP contribution in [0.15, 0.2) is 243 Å². The van der Waals surface area contributed by atoms with Crippen LogP contribution in [0.5, 0.6) is 0 Å². The maximum Gasteiger partial charge on any atom is 0.518 e. The second-order valence-corrected chi connectivity index (χ2v) is 44.6. The predicted molar refractivity (Wildman–Crippen MR) is 298 cm³/mol. The zero-order chi connectivity index (χ0) is 50.3. The second-order valence-electron chi connectivity index (χ2n) is 17.8. The summed E-state index contributed by atoms with van der Waals surface area (Å²) in [4.78, 5) is 13.9. The lowest BCUT2D eigenvalue weighted by atomic mass is 10.4. The Morgan fingerprint density at radius 3 is 0.905 bits per heavy atom. The van der Waals surface area contributed by atoms with Crippen molar-refractivity contribution >= 4 is 131 Å². The van der Waals surface area contributed by atoms with Gasteiger partial charge in [0.25, 0.3) is 0 Å². The molecule has 0 aliphatic carbocycles. The summed E-state index contributed by atoms with van der Waals surface area (Å²) in [5, 5.41) is 4.21. The fraction of sp³-hybridized carbons (Fsp3) is 0.0400. The van der Waals surface area contributed by atoms with Crippen LogP contribution in [0.4, 0.5) is 0 Å². The molecule has 14 nitrogen and oxygen atoms in total. The van der Waals surface area contributed by atoms with Gasteiger partial charge in [-0.15, -0.1) is 0 Å². The Labute approximate surface area is 442 Å². The van der Waals surface area contributed by atoms with Crippen molar-refractivity contribution in [2.24, 2.45) is 0 Å². The Balaban J connectivity index is 1.31. The average Bonchev–Trinajstić information content (AvgIpc) is 3.45. The van der Waals surface area contributed by atoms with Crippen molar-refractivity contribution in [2.75, 3.05) is 0 Å². The van der Waals surface area contributed by atoms with E-state index < -0.39 is 89.5 Å². The van der Waals surface area contributed by atoms with E-state index in [0.717, 1.165) is 0 Å². The molecule has 8 aromatic carbocycles. The van der Waals surface area contributed by atoms with E-state index in [1.54, 1.807) is 12.1 Å². The van der Waals surface area contributed by atoms with Crippen LogP contribution in [0.25, 0.3) is 0 Å². The number of rotatable bonds is 8. The molecule has 0 amide bonds. The molecule has 1 N–H and O–H groups in total. The van der Waals surface area contributed by atoms with Crippen molar-refractivity contribution in [3.05, 3.63) is 243 Å². The summed E-state index contributed by atoms with van der Waals surface area (Å²) in [6, 6.07) is 75.9. The van der Waals surface area contributed by atoms with Crippen LogP contribution in [-0.2, 0) is 53.5 Å². The number of hydrogen-bond acceptors (Lipinski definition) is 14. The van der Waals surface area contributed by atoms with Crippen LogP contribution < -0.4 is 41.5 Å². The van der Waals surface area contributed by atoms with Gasteiger partial charge in [0, 0.05) is 36.3 Å². The Morgan fingerprint density at radius 1 is 0.257 bits per heavy atom. The molecular weight excluding hydrogens is 1110 g/mol. The van der Waals surface area contributed by atoms with E-state index >= 15 is 0 Å². The molecule has 74 heavy (non-hydrogen) atoms. The summed E-state index contributed by atoms with van der Waals surface area (Å²) in [7, 11) is -44.3. The first-order valence-corrected chi connectivity index (χ1v) is 42.0. The molecule has 0 spiro atoms. The van der Waals surface area contributed by atoms with Crippen molar-refractivity contribution in [3.63, 3.8) is 0 Å². The van der Waals surface area contributed by atoms with Crippen molar-refractivity contribution in [2.45, 2.75) is 13.1 Å². The monoisotopic (exact) mass is 1150 g/mol. The smallest absolute Gasteiger partial charge is 0.393 e. The largest absolute Gasteiger partial charge is 0.518 e. The number of benzene rings is 8. The molecule has 6 bridgehead atoms. The first-order valence-electron chi connectivity index (χ1n) is 24.2. The van der Waals surface area contributed by atoms with Gasteiger partial charge in [-0.1, -0.05) is 243 Å². The Bertz CT molecular complexity index is 3130. The molecule has 0 radical (unpaired) electrons. The van der Waals surface area contributed by atoms with E-state index in [2.05, 4.69) is 0 Å². The highest BCUT2D eigenvalue weighted by atomic mass is 28.6. The summed E-state index contributed by atoms with van der Waals surface area (Å²) in [6.07, 6.45) is 0. The number of fused-ring (bicyclic) bond motifs is 6. The predicted octanol–water partition coefficient (Wildman–Crippen LogP) is 2.00. The minimum atomic E-state index is -5.13. The van der Waals surface area contributed by atoms with E-state index in [0.29, 0.717) is 41.5 Å². The summed E-state index contributed by atoms with van der Waals surface area (Å²) in [6.45, 7) is 3.74. The van der Waals surface area contributed by atoms with Crippen LogP contribution in [-0.4, -0.2) is 94.3 Å². The SMILES string of the molecule is C[SiH]1O[Si](O)(c2ccccc2)O[Si]2(c3ccccc3)O[Si]3(c4ccccc4)O[SiH](C)O[Si]4(c5ccccc5)O[Si](c5ccccc5)(O[SiH](c5ccccc5)O3)O[Si](c3ccccc3)(O1)O[Si](c1ccccc1)(O4)O2. The fourth-order valence-electron chi connectivity index (χ4n) is 9.39. The van der Waals surface area contributed by atoms with E-state index in [1.807, 2.05) is 244 Å². The normalized spacial score (nSPS) is 33.1. The molecular formula is C50H50O14Si10. The molecule has 12 rings (SSSR count).